The van der Waals surface area contributed by atoms with E-state index in [0.717, 1.165) is 24.7 Å². The highest BCUT2D eigenvalue weighted by Gasteiger charge is 2.36. The molecule has 1 aromatic rings. The van der Waals surface area contributed by atoms with Gasteiger partial charge in [0.2, 0.25) is 5.82 Å². The Kier molecular flexibility index (Phi) is 2.72. The van der Waals surface area contributed by atoms with Crippen molar-refractivity contribution < 1.29 is 4.92 Å². The molecule has 1 heterocycles. The molecule has 2 N–H and O–H groups in total. The summed E-state index contributed by atoms with van der Waals surface area (Å²) < 4.78 is 1.67. The molecule has 0 amide bonds. The number of nitrogens with zero attached hydrogens (tertiary/aromatic N) is 3. The van der Waals surface area contributed by atoms with Gasteiger partial charge in [-0.15, -0.1) is 0 Å². The third-order valence-electron chi connectivity index (χ3n) is 4.33. The van der Waals surface area contributed by atoms with Crippen molar-refractivity contribution in [1.82, 2.24) is 9.78 Å². The smallest absolute Gasteiger partial charge is 0.330 e. The van der Waals surface area contributed by atoms with Crippen LogP contribution in [-0.4, -0.2) is 14.7 Å². The quantitative estimate of drug-likeness (QED) is 0.659. The highest BCUT2D eigenvalue weighted by Crippen LogP contribution is 2.47. The summed E-state index contributed by atoms with van der Waals surface area (Å²) >= 11 is 0. The van der Waals surface area contributed by atoms with Gasteiger partial charge in [-0.3, -0.25) is 10.1 Å². The van der Waals surface area contributed by atoms with E-state index < -0.39 is 4.92 Å². The molecule has 0 spiro atoms. The van der Waals surface area contributed by atoms with Crippen molar-refractivity contribution in [1.29, 1.82) is 0 Å². The van der Waals surface area contributed by atoms with E-state index in [9.17, 15) is 10.1 Å². The fraction of sp³-hybridized carbons (Fsp3) is 0.750. The largest absolute Gasteiger partial charge is 0.378 e. The fourth-order valence-electron chi connectivity index (χ4n) is 3.21. The summed E-state index contributed by atoms with van der Waals surface area (Å²) in [6.07, 6.45) is 8.57. The van der Waals surface area contributed by atoms with Gasteiger partial charge < -0.3 is 5.73 Å². The zero-order chi connectivity index (χ0) is 12.7. The average molecular weight is 250 g/mol. The van der Waals surface area contributed by atoms with E-state index in [2.05, 4.69) is 5.10 Å². The lowest BCUT2D eigenvalue weighted by Crippen LogP contribution is -2.22. The first-order valence-electron chi connectivity index (χ1n) is 6.64. The summed E-state index contributed by atoms with van der Waals surface area (Å²) in [5, 5.41) is 14.9. The molecule has 2 aliphatic rings. The zero-order valence-electron chi connectivity index (χ0n) is 10.3. The van der Waals surface area contributed by atoms with Crippen LogP contribution in [0, 0.1) is 22.0 Å². The molecule has 0 aromatic carbocycles. The third-order valence-corrected chi connectivity index (χ3v) is 4.33. The van der Waals surface area contributed by atoms with Crippen LogP contribution in [0.15, 0.2) is 6.20 Å². The van der Waals surface area contributed by atoms with Crippen molar-refractivity contribution in [3.05, 3.63) is 16.3 Å². The Hall–Kier alpha value is -1.59. The number of anilines is 1. The molecule has 0 aliphatic heterocycles. The molecular weight excluding hydrogens is 232 g/mol. The minimum atomic E-state index is -0.458. The van der Waals surface area contributed by atoms with E-state index in [4.69, 9.17) is 5.73 Å². The molecule has 3 rings (SSSR count). The van der Waals surface area contributed by atoms with Gasteiger partial charge in [0.05, 0.1) is 11.0 Å². The van der Waals surface area contributed by atoms with E-state index in [1.807, 2.05) is 0 Å². The van der Waals surface area contributed by atoms with Gasteiger partial charge in [0, 0.05) is 0 Å². The minimum Gasteiger partial charge on any atom is -0.378 e. The van der Waals surface area contributed by atoms with Crippen LogP contribution in [-0.2, 0) is 0 Å². The Morgan fingerprint density at radius 3 is 2.72 bits per heavy atom. The SMILES string of the molecule is Nc1c([N+](=O)[O-])cnn1C1CCCC(C2CC2)C1. The maximum atomic E-state index is 10.8. The highest BCUT2D eigenvalue weighted by atomic mass is 16.6. The van der Waals surface area contributed by atoms with Crippen LogP contribution in [0.5, 0.6) is 0 Å². The van der Waals surface area contributed by atoms with Crippen molar-refractivity contribution in [3.8, 4) is 0 Å². The van der Waals surface area contributed by atoms with Gasteiger partial charge in [0.15, 0.2) is 0 Å². The lowest BCUT2D eigenvalue weighted by atomic mass is 9.83. The number of rotatable bonds is 3. The van der Waals surface area contributed by atoms with Gasteiger partial charge in [0.25, 0.3) is 0 Å². The monoisotopic (exact) mass is 250 g/mol. The fourth-order valence-corrected chi connectivity index (χ4v) is 3.21. The Morgan fingerprint density at radius 2 is 2.11 bits per heavy atom. The molecule has 0 radical (unpaired) electrons. The molecule has 6 nitrogen and oxygen atoms in total. The van der Waals surface area contributed by atoms with Crippen molar-refractivity contribution in [2.75, 3.05) is 5.73 Å². The number of nitrogens with two attached hydrogens (primary N) is 1. The van der Waals surface area contributed by atoms with Crippen molar-refractivity contribution in [3.63, 3.8) is 0 Å². The second kappa shape index (κ2) is 4.26. The van der Waals surface area contributed by atoms with Crippen molar-refractivity contribution >= 4 is 11.5 Å². The molecular formula is C12H18N4O2. The first kappa shape index (κ1) is 11.5. The van der Waals surface area contributed by atoms with Crippen LogP contribution < -0.4 is 5.73 Å². The molecule has 2 atom stereocenters. The van der Waals surface area contributed by atoms with Gasteiger partial charge in [-0.25, -0.2) is 4.68 Å². The Morgan fingerprint density at radius 1 is 1.33 bits per heavy atom. The number of nitro groups is 1. The number of hydrogen-bond donors (Lipinski definition) is 1. The summed E-state index contributed by atoms with van der Waals surface area (Å²) in [4.78, 5) is 10.3. The first-order valence-corrected chi connectivity index (χ1v) is 6.64. The normalized spacial score (nSPS) is 28.2. The van der Waals surface area contributed by atoms with Crippen LogP contribution in [0.2, 0.25) is 0 Å². The molecule has 98 valence electrons. The molecule has 18 heavy (non-hydrogen) atoms. The summed E-state index contributed by atoms with van der Waals surface area (Å²) in [6.45, 7) is 0. The van der Waals surface area contributed by atoms with Gasteiger partial charge in [0.1, 0.15) is 6.20 Å². The van der Waals surface area contributed by atoms with E-state index in [0.29, 0.717) is 0 Å². The van der Waals surface area contributed by atoms with Gasteiger partial charge >= 0.3 is 5.69 Å². The van der Waals surface area contributed by atoms with Gasteiger partial charge in [-0.05, 0) is 37.5 Å². The minimum absolute atomic E-state index is 0.0662. The molecule has 1 aromatic heterocycles. The summed E-state index contributed by atoms with van der Waals surface area (Å²) in [7, 11) is 0. The average Bonchev–Trinajstić information content (AvgIpc) is 3.12. The molecule has 0 bridgehead atoms. The Balaban J connectivity index is 1.79. The topological polar surface area (TPSA) is 87.0 Å². The summed E-state index contributed by atoms with van der Waals surface area (Å²) in [5.41, 5.74) is 5.76. The van der Waals surface area contributed by atoms with E-state index in [-0.39, 0.29) is 17.5 Å². The molecule has 2 unspecified atom stereocenters. The standard InChI is InChI=1S/C12H18N4O2/c13-12-11(16(17)18)7-14-15(12)10-3-1-2-9(6-10)8-4-5-8/h7-10H,1-6,13H2. The van der Waals surface area contributed by atoms with E-state index in [1.165, 1.54) is 31.9 Å². The van der Waals surface area contributed by atoms with Gasteiger partial charge in [-0.1, -0.05) is 12.8 Å². The lowest BCUT2D eigenvalue weighted by Gasteiger charge is -2.29. The third kappa shape index (κ3) is 1.95. The Bertz CT molecular complexity index is 467. The second-order valence-electron chi connectivity index (χ2n) is 5.53. The predicted molar refractivity (Wildman–Crippen MR) is 67.0 cm³/mol. The summed E-state index contributed by atoms with van der Waals surface area (Å²) in [6, 6.07) is 0.248. The number of nitrogen functional groups attached to an aromatic ring is 1. The van der Waals surface area contributed by atoms with Crippen LogP contribution in [0.25, 0.3) is 0 Å². The van der Waals surface area contributed by atoms with Crippen molar-refractivity contribution in [2.24, 2.45) is 11.8 Å². The molecule has 6 heteroatoms. The second-order valence-corrected chi connectivity index (χ2v) is 5.53. The number of hydrogen-bond acceptors (Lipinski definition) is 4. The van der Waals surface area contributed by atoms with Crippen LogP contribution >= 0.6 is 0 Å². The first-order chi connectivity index (χ1) is 8.66. The highest BCUT2D eigenvalue weighted by molar-refractivity contribution is 5.51. The number of aromatic nitrogens is 2. The van der Waals surface area contributed by atoms with Crippen LogP contribution in [0.3, 0.4) is 0 Å². The lowest BCUT2D eigenvalue weighted by molar-refractivity contribution is -0.384. The van der Waals surface area contributed by atoms with Crippen LogP contribution in [0.1, 0.15) is 44.6 Å². The molecule has 2 fully saturated rings. The molecule has 0 saturated heterocycles. The van der Waals surface area contributed by atoms with Gasteiger partial charge in [-0.2, -0.15) is 5.10 Å². The summed E-state index contributed by atoms with van der Waals surface area (Å²) in [5.74, 6) is 1.87. The molecule has 2 saturated carbocycles. The van der Waals surface area contributed by atoms with E-state index >= 15 is 0 Å². The molecule has 2 aliphatic carbocycles. The zero-order valence-corrected chi connectivity index (χ0v) is 10.3. The maximum Gasteiger partial charge on any atom is 0.330 e. The predicted octanol–water partition coefficient (Wildman–Crippen LogP) is 2.51. The van der Waals surface area contributed by atoms with Crippen molar-refractivity contribution in [2.45, 2.75) is 44.6 Å². The Labute approximate surface area is 105 Å². The maximum absolute atomic E-state index is 10.8. The van der Waals surface area contributed by atoms with Crippen LogP contribution in [0.4, 0.5) is 11.5 Å². The van der Waals surface area contributed by atoms with E-state index in [1.54, 1.807) is 4.68 Å².